The van der Waals surface area contributed by atoms with E-state index < -0.39 is 0 Å². The van der Waals surface area contributed by atoms with E-state index in [0.717, 1.165) is 30.9 Å². The molecule has 2 heterocycles. The minimum absolute atomic E-state index is 0.328. The van der Waals surface area contributed by atoms with E-state index in [4.69, 9.17) is 10.5 Å². The Balaban J connectivity index is 2.43. The van der Waals surface area contributed by atoms with Crippen LogP contribution in [0.2, 0.25) is 0 Å². The molecule has 1 aromatic rings. The van der Waals surface area contributed by atoms with Crippen LogP contribution in [0, 0.1) is 0 Å². The highest BCUT2D eigenvalue weighted by Crippen LogP contribution is 2.21. The Bertz CT molecular complexity index is 274. The lowest BCUT2D eigenvalue weighted by Crippen LogP contribution is -2.11. The molecule has 0 saturated carbocycles. The van der Waals surface area contributed by atoms with Crippen molar-refractivity contribution in [3.63, 3.8) is 0 Å². The molecule has 1 aliphatic heterocycles. The van der Waals surface area contributed by atoms with Crippen LogP contribution in [0.25, 0.3) is 0 Å². The number of aryl methyl sites for hydroxylation is 1. The number of nitrogens with two attached hydrogens (primary N) is 1. The maximum absolute atomic E-state index is 5.40. The van der Waals surface area contributed by atoms with Crippen molar-refractivity contribution in [1.82, 2.24) is 9.97 Å². The summed E-state index contributed by atoms with van der Waals surface area (Å²) in [6.45, 7) is 0.764. The molecule has 0 saturated heterocycles. The third-order valence-electron chi connectivity index (χ3n) is 1.66. The fourth-order valence-corrected chi connectivity index (χ4v) is 1.14. The fraction of sp³-hybridized carbons (Fsp3) is 0.429. The first-order valence-corrected chi connectivity index (χ1v) is 3.60. The van der Waals surface area contributed by atoms with Crippen LogP contribution in [0.5, 0.6) is 5.75 Å². The van der Waals surface area contributed by atoms with Crippen molar-refractivity contribution in [3.8, 4) is 5.75 Å². The molecular formula is C7H9N3O. The summed E-state index contributed by atoms with van der Waals surface area (Å²) in [6, 6.07) is 0. The van der Waals surface area contributed by atoms with Crippen molar-refractivity contribution in [2.45, 2.75) is 12.8 Å². The maximum atomic E-state index is 5.40. The molecule has 0 unspecified atom stereocenters. The summed E-state index contributed by atoms with van der Waals surface area (Å²) < 4.78 is 5.30. The Kier molecular flexibility index (Phi) is 1.38. The molecule has 11 heavy (non-hydrogen) atoms. The third-order valence-corrected chi connectivity index (χ3v) is 1.66. The van der Waals surface area contributed by atoms with E-state index in [-0.39, 0.29) is 0 Å². The first-order chi connectivity index (χ1) is 5.36. The smallest absolute Gasteiger partial charge is 0.220 e. The van der Waals surface area contributed by atoms with Crippen LogP contribution in [0.3, 0.4) is 0 Å². The van der Waals surface area contributed by atoms with Crippen molar-refractivity contribution < 1.29 is 4.74 Å². The highest BCUT2D eigenvalue weighted by atomic mass is 16.5. The minimum atomic E-state index is 0.328. The van der Waals surface area contributed by atoms with Gasteiger partial charge in [-0.25, -0.2) is 9.97 Å². The number of fused-ring (bicyclic) bond motifs is 1. The molecule has 0 radical (unpaired) electrons. The number of ether oxygens (including phenoxy) is 1. The zero-order chi connectivity index (χ0) is 7.68. The summed E-state index contributed by atoms with van der Waals surface area (Å²) in [7, 11) is 0. The highest BCUT2D eigenvalue weighted by molar-refractivity contribution is 5.31. The van der Waals surface area contributed by atoms with E-state index in [1.807, 2.05) is 0 Å². The van der Waals surface area contributed by atoms with E-state index >= 15 is 0 Å². The van der Waals surface area contributed by atoms with Crippen molar-refractivity contribution in [2.75, 3.05) is 12.3 Å². The van der Waals surface area contributed by atoms with Crippen LogP contribution in [-0.4, -0.2) is 16.6 Å². The summed E-state index contributed by atoms with van der Waals surface area (Å²) in [4.78, 5) is 7.89. The lowest BCUT2D eigenvalue weighted by molar-refractivity contribution is 0.283. The summed E-state index contributed by atoms with van der Waals surface area (Å²) in [5.74, 6) is 1.11. The van der Waals surface area contributed by atoms with Crippen LogP contribution < -0.4 is 10.5 Å². The Hall–Kier alpha value is -1.32. The van der Waals surface area contributed by atoms with E-state index in [1.54, 1.807) is 6.20 Å². The van der Waals surface area contributed by atoms with Gasteiger partial charge in [0.2, 0.25) is 5.95 Å². The minimum Gasteiger partial charge on any atom is -0.490 e. The molecule has 0 amide bonds. The summed E-state index contributed by atoms with van der Waals surface area (Å²) >= 11 is 0. The molecule has 0 atom stereocenters. The van der Waals surface area contributed by atoms with Crippen LogP contribution >= 0.6 is 0 Å². The molecule has 4 heteroatoms. The number of nitrogen functional groups attached to an aromatic ring is 1. The Morgan fingerprint density at radius 1 is 1.55 bits per heavy atom. The number of rotatable bonds is 0. The fourth-order valence-electron chi connectivity index (χ4n) is 1.14. The highest BCUT2D eigenvalue weighted by Gasteiger charge is 2.11. The molecule has 2 rings (SSSR count). The van der Waals surface area contributed by atoms with Gasteiger partial charge in [0.1, 0.15) is 0 Å². The molecule has 1 aliphatic rings. The summed E-state index contributed by atoms with van der Waals surface area (Å²) in [5, 5.41) is 0. The molecule has 2 N–H and O–H groups in total. The average molecular weight is 151 g/mol. The molecule has 0 aromatic carbocycles. The van der Waals surface area contributed by atoms with Crippen molar-refractivity contribution in [1.29, 1.82) is 0 Å². The molecule has 4 nitrogen and oxygen atoms in total. The topological polar surface area (TPSA) is 61.0 Å². The van der Waals surface area contributed by atoms with Gasteiger partial charge in [-0.3, -0.25) is 0 Å². The second kappa shape index (κ2) is 2.38. The molecule has 0 spiro atoms. The van der Waals surface area contributed by atoms with Gasteiger partial charge < -0.3 is 10.5 Å². The van der Waals surface area contributed by atoms with Gasteiger partial charge in [-0.05, 0) is 12.8 Å². The van der Waals surface area contributed by atoms with Crippen LogP contribution in [0.15, 0.2) is 6.20 Å². The second-order valence-corrected chi connectivity index (χ2v) is 2.49. The number of hydrogen-bond donors (Lipinski definition) is 1. The second-order valence-electron chi connectivity index (χ2n) is 2.49. The number of anilines is 1. The zero-order valence-corrected chi connectivity index (χ0v) is 6.08. The first-order valence-electron chi connectivity index (χ1n) is 3.60. The molecule has 0 aliphatic carbocycles. The Labute approximate surface area is 64.4 Å². The SMILES string of the molecule is Nc1ncc2c(n1)CCCO2. The van der Waals surface area contributed by atoms with E-state index in [1.165, 1.54) is 0 Å². The predicted octanol–water partition coefficient (Wildman–Crippen LogP) is 0.384. The van der Waals surface area contributed by atoms with E-state index in [0.29, 0.717) is 5.95 Å². The largest absolute Gasteiger partial charge is 0.490 e. The molecular weight excluding hydrogens is 142 g/mol. The molecule has 0 bridgehead atoms. The average Bonchev–Trinajstić information content (AvgIpc) is 2.04. The van der Waals surface area contributed by atoms with Crippen LogP contribution in [-0.2, 0) is 6.42 Å². The predicted molar refractivity (Wildman–Crippen MR) is 40.3 cm³/mol. The standard InChI is InChI=1S/C7H9N3O/c8-7-9-4-6-5(10-7)2-1-3-11-6/h4H,1-3H2,(H2,8,9,10). The van der Waals surface area contributed by atoms with Crippen molar-refractivity contribution in [2.24, 2.45) is 0 Å². The Morgan fingerprint density at radius 3 is 3.36 bits per heavy atom. The molecule has 1 aromatic heterocycles. The van der Waals surface area contributed by atoms with Gasteiger partial charge in [0.05, 0.1) is 18.5 Å². The van der Waals surface area contributed by atoms with Gasteiger partial charge >= 0.3 is 0 Å². The zero-order valence-electron chi connectivity index (χ0n) is 6.08. The van der Waals surface area contributed by atoms with Crippen LogP contribution in [0.1, 0.15) is 12.1 Å². The molecule has 0 fully saturated rings. The first kappa shape index (κ1) is 6.39. The van der Waals surface area contributed by atoms with Gasteiger partial charge in [0.25, 0.3) is 0 Å². The van der Waals surface area contributed by atoms with E-state index in [2.05, 4.69) is 9.97 Å². The van der Waals surface area contributed by atoms with Crippen LogP contribution in [0.4, 0.5) is 5.95 Å². The monoisotopic (exact) mass is 151 g/mol. The number of hydrogen-bond acceptors (Lipinski definition) is 4. The van der Waals surface area contributed by atoms with Gasteiger partial charge in [-0.15, -0.1) is 0 Å². The third kappa shape index (κ3) is 1.11. The van der Waals surface area contributed by atoms with Gasteiger partial charge in [0.15, 0.2) is 5.75 Å². The normalized spacial score (nSPS) is 15.3. The molecule has 58 valence electrons. The van der Waals surface area contributed by atoms with Gasteiger partial charge in [-0.1, -0.05) is 0 Å². The lowest BCUT2D eigenvalue weighted by atomic mass is 10.2. The van der Waals surface area contributed by atoms with Crippen molar-refractivity contribution >= 4 is 5.95 Å². The van der Waals surface area contributed by atoms with E-state index in [9.17, 15) is 0 Å². The quantitative estimate of drug-likeness (QED) is 0.582. The lowest BCUT2D eigenvalue weighted by Gasteiger charge is -2.14. The number of aromatic nitrogens is 2. The van der Waals surface area contributed by atoms with Gasteiger partial charge in [-0.2, -0.15) is 0 Å². The Morgan fingerprint density at radius 2 is 2.45 bits per heavy atom. The summed E-state index contributed by atoms with van der Waals surface area (Å²) in [6.07, 6.45) is 3.60. The number of nitrogens with zero attached hydrogens (tertiary/aromatic N) is 2. The van der Waals surface area contributed by atoms with Crippen molar-refractivity contribution in [3.05, 3.63) is 11.9 Å². The summed E-state index contributed by atoms with van der Waals surface area (Å²) in [5.41, 5.74) is 6.34. The van der Waals surface area contributed by atoms with Gasteiger partial charge in [0, 0.05) is 0 Å². The maximum Gasteiger partial charge on any atom is 0.220 e.